The summed E-state index contributed by atoms with van der Waals surface area (Å²) in [6.07, 6.45) is 5.51. The summed E-state index contributed by atoms with van der Waals surface area (Å²) in [5.41, 5.74) is 2.14. The predicted molar refractivity (Wildman–Crippen MR) is 86.6 cm³/mol. The van der Waals surface area contributed by atoms with Crippen LogP contribution < -0.4 is 10.6 Å². The van der Waals surface area contributed by atoms with E-state index in [1.807, 2.05) is 6.07 Å². The van der Waals surface area contributed by atoms with Crippen LogP contribution in [-0.2, 0) is 17.8 Å². The van der Waals surface area contributed by atoms with Gasteiger partial charge >= 0.3 is 0 Å². The van der Waals surface area contributed by atoms with Crippen LogP contribution >= 0.6 is 12.4 Å². The molecule has 0 bridgehead atoms. The summed E-state index contributed by atoms with van der Waals surface area (Å²) in [4.78, 5) is 12.4. The van der Waals surface area contributed by atoms with Gasteiger partial charge in [-0.3, -0.25) is 4.79 Å². The van der Waals surface area contributed by atoms with Crippen LogP contribution in [0.2, 0.25) is 0 Å². The molecule has 3 nitrogen and oxygen atoms in total. The van der Waals surface area contributed by atoms with E-state index in [0.29, 0.717) is 30.5 Å². The second-order valence-electron chi connectivity index (χ2n) is 6.62. The van der Waals surface area contributed by atoms with E-state index >= 15 is 0 Å². The highest BCUT2D eigenvalue weighted by atomic mass is 35.5. The van der Waals surface area contributed by atoms with Crippen molar-refractivity contribution >= 4 is 24.0 Å². The van der Waals surface area contributed by atoms with Crippen molar-refractivity contribution in [3.63, 3.8) is 0 Å². The fraction of sp³-hybridized carbons (Fsp3) is 0.588. The molecule has 0 aromatic heterocycles. The van der Waals surface area contributed by atoms with Crippen LogP contribution in [0, 0.1) is 23.6 Å². The van der Waals surface area contributed by atoms with Gasteiger partial charge in [-0.25, -0.2) is 4.39 Å². The third-order valence-corrected chi connectivity index (χ3v) is 5.42. The number of hydrogen-bond acceptors (Lipinski definition) is 2. The van der Waals surface area contributed by atoms with Crippen molar-refractivity contribution in [2.45, 2.75) is 38.6 Å². The number of benzene rings is 1. The van der Waals surface area contributed by atoms with Crippen molar-refractivity contribution in [2.75, 3.05) is 11.9 Å². The topological polar surface area (TPSA) is 41.1 Å². The molecule has 1 heterocycles. The highest BCUT2D eigenvalue weighted by Gasteiger charge is 2.54. The highest BCUT2D eigenvalue weighted by Crippen LogP contribution is 2.55. The number of rotatable bonds is 2. The zero-order valence-electron chi connectivity index (χ0n) is 12.5. The molecule has 2 saturated carbocycles. The van der Waals surface area contributed by atoms with Gasteiger partial charge in [0.1, 0.15) is 5.82 Å². The van der Waals surface area contributed by atoms with Crippen LogP contribution in [0.5, 0.6) is 0 Å². The molecule has 4 rings (SSSR count). The molecule has 120 valence electrons. The second kappa shape index (κ2) is 6.17. The van der Waals surface area contributed by atoms with E-state index in [0.717, 1.165) is 17.7 Å². The fourth-order valence-electron chi connectivity index (χ4n) is 4.23. The summed E-state index contributed by atoms with van der Waals surface area (Å²) in [6, 6.07) is 3.64. The average Bonchev–Trinajstić information content (AvgIpc) is 3.25. The summed E-state index contributed by atoms with van der Waals surface area (Å²) < 4.78 is 14.5. The summed E-state index contributed by atoms with van der Waals surface area (Å²) in [5.74, 6) is 1.04. The average molecular weight is 325 g/mol. The van der Waals surface area contributed by atoms with E-state index in [9.17, 15) is 9.18 Å². The zero-order chi connectivity index (χ0) is 14.4. The lowest BCUT2D eigenvalue weighted by Crippen LogP contribution is -2.25. The molecule has 1 aromatic rings. The van der Waals surface area contributed by atoms with Gasteiger partial charge in [-0.2, -0.15) is 0 Å². The van der Waals surface area contributed by atoms with Gasteiger partial charge in [0, 0.05) is 12.5 Å². The van der Waals surface area contributed by atoms with E-state index in [4.69, 9.17) is 0 Å². The Morgan fingerprint density at radius 3 is 2.68 bits per heavy atom. The van der Waals surface area contributed by atoms with Crippen molar-refractivity contribution in [1.82, 2.24) is 5.32 Å². The SMILES string of the molecule is Cl.O=C(Nc1ccc2c(c1F)CCNC2)C1C2CCCCC21. The first kappa shape index (κ1) is 15.8. The van der Waals surface area contributed by atoms with Gasteiger partial charge in [0.2, 0.25) is 5.91 Å². The quantitative estimate of drug-likeness (QED) is 0.876. The first-order valence-electron chi connectivity index (χ1n) is 8.07. The molecule has 3 aliphatic rings. The van der Waals surface area contributed by atoms with Gasteiger partial charge in [0.25, 0.3) is 0 Å². The zero-order valence-corrected chi connectivity index (χ0v) is 13.3. The van der Waals surface area contributed by atoms with E-state index in [1.54, 1.807) is 6.07 Å². The normalized spacial score (nSPS) is 28.9. The van der Waals surface area contributed by atoms with Gasteiger partial charge < -0.3 is 10.6 Å². The third kappa shape index (κ3) is 2.63. The van der Waals surface area contributed by atoms with Crippen molar-refractivity contribution < 1.29 is 9.18 Å². The van der Waals surface area contributed by atoms with Crippen molar-refractivity contribution in [2.24, 2.45) is 17.8 Å². The molecule has 2 atom stereocenters. The Labute approximate surface area is 136 Å². The number of halogens is 2. The predicted octanol–water partition coefficient (Wildman–Crippen LogP) is 3.27. The molecule has 1 aromatic carbocycles. The van der Waals surface area contributed by atoms with Gasteiger partial charge in [0.15, 0.2) is 0 Å². The van der Waals surface area contributed by atoms with E-state index in [1.165, 1.54) is 25.7 Å². The maximum atomic E-state index is 14.5. The molecule has 0 saturated heterocycles. The summed E-state index contributed by atoms with van der Waals surface area (Å²) in [7, 11) is 0. The number of fused-ring (bicyclic) bond motifs is 2. The molecule has 1 amide bonds. The first-order valence-corrected chi connectivity index (χ1v) is 8.07. The van der Waals surface area contributed by atoms with Crippen LogP contribution in [0.25, 0.3) is 0 Å². The fourth-order valence-corrected chi connectivity index (χ4v) is 4.23. The molecule has 1 aliphatic heterocycles. The van der Waals surface area contributed by atoms with Crippen molar-refractivity contribution in [3.05, 3.63) is 29.1 Å². The highest BCUT2D eigenvalue weighted by molar-refractivity contribution is 5.95. The van der Waals surface area contributed by atoms with Crippen LogP contribution in [0.3, 0.4) is 0 Å². The Balaban J connectivity index is 0.00000144. The minimum Gasteiger partial charge on any atom is -0.323 e. The van der Waals surface area contributed by atoms with Crippen LogP contribution in [-0.4, -0.2) is 12.5 Å². The Kier molecular flexibility index (Phi) is 4.42. The standard InChI is InChI=1S/C17H21FN2O.ClH/c18-16-11-7-8-19-9-10(11)5-6-14(16)20-17(21)15-12-3-1-2-4-13(12)15;/h5-6,12-13,15,19H,1-4,7-9H2,(H,20,21);1H. The van der Waals surface area contributed by atoms with E-state index < -0.39 is 0 Å². The minimum atomic E-state index is -0.231. The smallest absolute Gasteiger partial charge is 0.228 e. The Hall–Kier alpha value is -1.13. The van der Waals surface area contributed by atoms with Gasteiger partial charge in [-0.15, -0.1) is 12.4 Å². The van der Waals surface area contributed by atoms with Crippen LogP contribution in [0.1, 0.15) is 36.8 Å². The van der Waals surface area contributed by atoms with Crippen LogP contribution in [0.15, 0.2) is 12.1 Å². The molecule has 0 spiro atoms. The van der Waals surface area contributed by atoms with Gasteiger partial charge in [-0.05, 0) is 54.8 Å². The molecule has 0 radical (unpaired) electrons. The lowest BCUT2D eigenvalue weighted by molar-refractivity contribution is -0.117. The molecule has 5 heteroatoms. The maximum absolute atomic E-state index is 14.5. The maximum Gasteiger partial charge on any atom is 0.228 e. The summed E-state index contributed by atoms with van der Waals surface area (Å²) in [6.45, 7) is 1.52. The molecule has 22 heavy (non-hydrogen) atoms. The number of carbonyl (C=O) groups excluding carboxylic acids is 1. The number of amides is 1. The lowest BCUT2D eigenvalue weighted by atomic mass is 9.99. The molecule has 2 N–H and O–H groups in total. The van der Waals surface area contributed by atoms with Crippen molar-refractivity contribution in [3.8, 4) is 0 Å². The van der Waals surface area contributed by atoms with Crippen LogP contribution in [0.4, 0.5) is 10.1 Å². The lowest BCUT2D eigenvalue weighted by Gasteiger charge is -2.19. The largest absolute Gasteiger partial charge is 0.323 e. The van der Waals surface area contributed by atoms with E-state index in [2.05, 4.69) is 10.6 Å². The Morgan fingerprint density at radius 1 is 1.23 bits per heavy atom. The molecule has 2 unspecified atom stereocenters. The second-order valence-corrected chi connectivity index (χ2v) is 6.62. The van der Waals surface area contributed by atoms with Gasteiger partial charge in [-0.1, -0.05) is 18.9 Å². The summed E-state index contributed by atoms with van der Waals surface area (Å²) in [5, 5.41) is 6.08. The number of hydrogen-bond donors (Lipinski definition) is 2. The number of anilines is 1. The minimum absolute atomic E-state index is 0. The monoisotopic (exact) mass is 324 g/mol. The molecular weight excluding hydrogens is 303 g/mol. The number of carbonyl (C=O) groups is 1. The molecular formula is C17H22ClFN2O. The van der Waals surface area contributed by atoms with Crippen molar-refractivity contribution in [1.29, 1.82) is 0 Å². The number of nitrogens with one attached hydrogen (secondary N) is 2. The first-order chi connectivity index (χ1) is 10.3. The third-order valence-electron chi connectivity index (χ3n) is 5.42. The van der Waals surface area contributed by atoms with Gasteiger partial charge in [0.05, 0.1) is 5.69 Å². The molecule has 2 aliphatic carbocycles. The summed E-state index contributed by atoms with van der Waals surface area (Å²) >= 11 is 0. The molecule has 2 fully saturated rings. The Bertz CT molecular complexity index is 580. The van der Waals surface area contributed by atoms with E-state index in [-0.39, 0.29) is 30.0 Å². The Morgan fingerprint density at radius 2 is 1.95 bits per heavy atom.